The third kappa shape index (κ3) is 3.62. The van der Waals surface area contributed by atoms with E-state index in [1.807, 2.05) is 59.5 Å². The summed E-state index contributed by atoms with van der Waals surface area (Å²) in [5.74, 6) is 0.704. The summed E-state index contributed by atoms with van der Waals surface area (Å²) in [6.07, 6.45) is 0.877. The van der Waals surface area contributed by atoms with Crippen molar-refractivity contribution in [3.05, 3.63) is 90.0 Å². The van der Waals surface area contributed by atoms with Crippen LogP contribution in [-0.4, -0.2) is 24.7 Å². The number of amides is 1. The highest BCUT2D eigenvalue weighted by Crippen LogP contribution is 2.28. The largest absolute Gasteiger partial charge is 0.497 e. The van der Waals surface area contributed by atoms with Crippen LogP contribution < -0.4 is 14.5 Å². The van der Waals surface area contributed by atoms with Crippen LogP contribution in [0.5, 0.6) is 5.75 Å². The number of hydrogen-bond acceptors (Lipinski definition) is 3. The number of benzene rings is 3. The Morgan fingerprint density at radius 1 is 0.857 bits per heavy atom. The molecule has 3 aromatic rings. The molecule has 0 bridgehead atoms. The highest BCUT2D eigenvalue weighted by Gasteiger charge is 2.34. The second-order valence-electron chi connectivity index (χ2n) is 6.62. The van der Waals surface area contributed by atoms with Crippen LogP contribution in [0.1, 0.15) is 11.1 Å². The molecular formula is C23H20N2O2S. The molecule has 0 N–H and O–H groups in total. The number of thiocarbonyl (C=S) groups is 1. The normalized spacial score (nSPS) is 13.9. The number of nitrogens with zero attached hydrogens (tertiary/aromatic N) is 2. The topological polar surface area (TPSA) is 32.8 Å². The van der Waals surface area contributed by atoms with Crippen LogP contribution >= 0.6 is 12.2 Å². The van der Waals surface area contributed by atoms with Crippen LogP contribution in [0.3, 0.4) is 0 Å². The molecule has 4 nitrogen and oxygen atoms in total. The quantitative estimate of drug-likeness (QED) is 0.606. The first-order chi connectivity index (χ1) is 13.7. The van der Waals surface area contributed by atoms with E-state index in [0.717, 1.165) is 23.5 Å². The van der Waals surface area contributed by atoms with Crippen molar-refractivity contribution >= 4 is 34.6 Å². The van der Waals surface area contributed by atoms with Crippen molar-refractivity contribution in [3.8, 4) is 5.75 Å². The molecule has 1 amide bonds. The molecule has 3 aromatic carbocycles. The molecule has 0 spiro atoms. The van der Waals surface area contributed by atoms with Crippen LogP contribution in [0, 0.1) is 0 Å². The maximum Gasteiger partial charge on any atom is 0.253 e. The van der Waals surface area contributed by atoms with E-state index >= 15 is 0 Å². The van der Waals surface area contributed by atoms with E-state index in [-0.39, 0.29) is 12.5 Å². The Hall–Kier alpha value is -3.18. The summed E-state index contributed by atoms with van der Waals surface area (Å²) in [5, 5.41) is 0.492. The van der Waals surface area contributed by atoms with Crippen LogP contribution in [-0.2, 0) is 11.2 Å². The number of ether oxygens (including phenoxy) is 1. The Balaban J connectivity index is 1.51. The standard InChI is InChI=1S/C23H20N2O2S/c1-27-21-13-11-20(12-14-21)25-22(26)16-24(23(25)28)19-9-7-18(8-10-19)15-17-5-3-2-4-6-17/h2-14H,15-16H2,1H3. The molecule has 0 aliphatic carbocycles. The van der Waals surface area contributed by atoms with Gasteiger partial charge in [-0.15, -0.1) is 0 Å². The fourth-order valence-electron chi connectivity index (χ4n) is 3.31. The number of methoxy groups -OCH3 is 1. The lowest BCUT2D eigenvalue weighted by molar-refractivity contribution is -0.115. The van der Waals surface area contributed by atoms with Crippen molar-refractivity contribution in [2.45, 2.75) is 6.42 Å². The van der Waals surface area contributed by atoms with E-state index in [2.05, 4.69) is 24.3 Å². The first-order valence-electron chi connectivity index (χ1n) is 9.07. The summed E-state index contributed by atoms with van der Waals surface area (Å²) in [4.78, 5) is 16.0. The minimum absolute atomic E-state index is 0.0384. The molecule has 1 aliphatic heterocycles. The van der Waals surface area contributed by atoms with Gasteiger partial charge in [-0.2, -0.15) is 0 Å². The number of carbonyl (C=O) groups excluding carboxylic acids is 1. The number of hydrogen-bond donors (Lipinski definition) is 0. The molecule has 4 rings (SSSR count). The van der Waals surface area contributed by atoms with Crippen molar-refractivity contribution in [3.63, 3.8) is 0 Å². The van der Waals surface area contributed by atoms with E-state index in [1.165, 1.54) is 11.1 Å². The number of anilines is 2. The van der Waals surface area contributed by atoms with Gasteiger partial charge in [0.1, 0.15) is 12.3 Å². The van der Waals surface area contributed by atoms with Crippen LogP contribution in [0.2, 0.25) is 0 Å². The maximum absolute atomic E-state index is 12.6. The van der Waals surface area contributed by atoms with Crippen LogP contribution in [0.25, 0.3) is 0 Å². The highest BCUT2D eigenvalue weighted by molar-refractivity contribution is 7.81. The third-order valence-corrected chi connectivity index (χ3v) is 5.20. The predicted molar refractivity (Wildman–Crippen MR) is 116 cm³/mol. The summed E-state index contributed by atoms with van der Waals surface area (Å²) in [7, 11) is 1.61. The molecule has 5 heteroatoms. The molecule has 1 heterocycles. The van der Waals surface area contributed by atoms with E-state index in [4.69, 9.17) is 17.0 Å². The van der Waals surface area contributed by atoms with Crippen molar-refractivity contribution in [1.82, 2.24) is 0 Å². The summed E-state index contributed by atoms with van der Waals surface area (Å²) in [6, 6.07) is 25.9. The Morgan fingerprint density at radius 2 is 1.46 bits per heavy atom. The molecule has 28 heavy (non-hydrogen) atoms. The lowest BCUT2D eigenvalue weighted by Crippen LogP contribution is -2.32. The van der Waals surface area contributed by atoms with Crippen molar-refractivity contribution < 1.29 is 9.53 Å². The molecule has 0 aromatic heterocycles. The second kappa shape index (κ2) is 7.82. The van der Waals surface area contributed by atoms with Gasteiger partial charge in [0, 0.05) is 5.69 Å². The minimum Gasteiger partial charge on any atom is -0.497 e. The van der Waals surface area contributed by atoms with E-state index in [1.54, 1.807) is 12.0 Å². The molecule has 140 valence electrons. The van der Waals surface area contributed by atoms with Gasteiger partial charge in [-0.1, -0.05) is 42.5 Å². The fraction of sp³-hybridized carbons (Fsp3) is 0.130. The van der Waals surface area contributed by atoms with Gasteiger partial charge in [0.2, 0.25) is 0 Å². The second-order valence-corrected chi connectivity index (χ2v) is 6.99. The van der Waals surface area contributed by atoms with Gasteiger partial charge in [0.15, 0.2) is 5.11 Å². The molecular weight excluding hydrogens is 368 g/mol. The summed E-state index contributed by atoms with van der Waals surface area (Å²) < 4.78 is 5.18. The first-order valence-corrected chi connectivity index (χ1v) is 9.48. The minimum atomic E-state index is -0.0384. The third-order valence-electron chi connectivity index (χ3n) is 4.79. The Morgan fingerprint density at radius 3 is 2.11 bits per heavy atom. The molecule has 1 saturated heterocycles. The van der Waals surface area contributed by atoms with Gasteiger partial charge in [-0.05, 0) is 66.2 Å². The van der Waals surface area contributed by atoms with Crippen molar-refractivity contribution in [2.24, 2.45) is 0 Å². The molecule has 0 atom stereocenters. The van der Waals surface area contributed by atoms with Crippen LogP contribution in [0.15, 0.2) is 78.9 Å². The van der Waals surface area contributed by atoms with Crippen molar-refractivity contribution in [2.75, 3.05) is 23.5 Å². The SMILES string of the molecule is COc1ccc(N2C(=O)CN(c3ccc(Cc4ccccc4)cc3)C2=S)cc1. The molecule has 0 unspecified atom stereocenters. The van der Waals surface area contributed by atoms with Gasteiger partial charge in [-0.25, -0.2) is 0 Å². The monoisotopic (exact) mass is 388 g/mol. The summed E-state index contributed by atoms with van der Waals surface area (Å²) in [5.41, 5.74) is 4.16. The molecule has 1 aliphatic rings. The highest BCUT2D eigenvalue weighted by atomic mass is 32.1. The van der Waals surface area contributed by atoms with E-state index in [9.17, 15) is 4.79 Å². The fourth-order valence-corrected chi connectivity index (χ4v) is 3.69. The van der Waals surface area contributed by atoms with Gasteiger partial charge in [0.05, 0.1) is 12.8 Å². The molecule has 0 radical (unpaired) electrons. The zero-order valence-electron chi connectivity index (χ0n) is 15.5. The lowest BCUT2D eigenvalue weighted by atomic mass is 10.0. The smallest absolute Gasteiger partial charge is 0.253 e. The number of carbonyl (C=O) groups is 1. The first kappa shape index (κ1) is 18.2. The Labute approximate surface area is 170 Å². The van der Waals surface area contributed by atoms with Gasteiger partial charge >= 0.3 is 0 Å². The Kier molecular flexibility index (Phi) is 5.08. The zero-order valence-corrected chi connectivity index (χ0v) is 16.4. The Bertz CT molecular complexity index is 985. The zero-order chi connectivity index (χ0) is 19.5. The van der Waals surface area contributed by atoms with Gasteiger partial charge < -0.3 is 9.64 Å². The van der Waals surface area contributed by atoms with Crippen LogP contribution in [0.4, 0.5) is 11.4 Å². The van der Waals surface area contributed by atoms with E-state index in [0.29, 0.717) is 5.11 Å². The molecule has 0 saturated carbocycles. The van der Waals surface area contributed by atoms with Crippen molar-refractivity contribution in [1.29, 1.82) is 0 Å². The van der Waals surface area contributed by atoms with Gasteiger partial charge in [-0.3, -0.25) is 9.69 Å². The maximum atomic E-state index is 12.6. The summed E-state index contributed by atoms with van der Waals surface area (Å²) >= 11 is 5.60. The van der Waals surface area contributed by atoms with Gasteiger partial charge in [0.25, 0.3) is 5.91 Å². The average molecular weight is 388 g/mol. The lowest BCUT2D eigenvalue weighted by Gasteiger charge is -2.20. The predicted octanol–water partition coefficient (Wildman–Crippen LogP) is 4.42. The van der Waals surface area contributed by atoms with E-state index < -0.39 is 0 Å². The number of rotatable bonds is 5. The molecule has 1 fully saturated rings. The summed E-state index contributed by atoms with van der Waals surface area (Å²) in [6.45, 7) is 0.239. The average Bonchev–Trinajstić information content (AvgIpc) is 3.03.